The van der Waals surface area contributed by atoms with E-state index in [0.29, 0.717) is 18.6 Å². The number of halogens is 1. The highest BCUT2D eigenvalue weighted by Gasteiger charge is 2.29. The van der Waals surface area contributed by atoms with Gasteiger partial charge in [-0.25, -0.2) is 9.97 Å². The lowest BCUT2D eigenvalue weighted by Gasteiger charge is -2.21. The molecule has 1 aromatic carbocycles. The van der Waals surface area contributed by atoms with Gasteiger partial charge in [0.15, 0.2) is 11.6 Å². The largest absolute Gasteiger partial charge is 0.368 e. The Balaban J connectivity index is 0.00000289. The van der Waals surface area contributed by atoms with Crippen LogP contribution >= 0.6 is 24.0 Å². The van der Waals surface area contributed by atoms with Gasteiger partial charge < -0.3 is 16.0 Å². The van der Waals surface area contributed by atoms with Gasteiger partial charge in [0.25, 0.3) is 0 Å². The molecule has 2 aromatic heterocycles. The SMILES string of the molecule is CN=C(NCCNc1ncnc2c1cnn2C)NC1CC(C)N(Cc2ccccc2)C1.I. The maximum Gasteiger partial charge on any atom is 0.191 e. The van der Waals surface area contributed by atoms with Gasteiger partial charge in [0.1, 0.15) is 12.1 Å². The third-order valence-corrected chi connectivity index (χ3v) is 5.74. The summed E-state index contributed by atoms with van der Waals surface area (Å²) in [5.41, 5.74) is 2.18. The highest BCUT2D eigenvalue weighted by Crippen LogP contribution is 2.20. The molecule has 0 aliphatic carbocycles. The number of nitrogens with one attached hydrogen (secondary N) is 3. The van der Waals surface area contributed by atoms with Gasteiger partial charge in [-0.05, 0) is 18.9 Å². The average molecular weight is 549 g/mol. The van der Waals surface area contributed by atoms with E-state index in [1.165, 1.54) is 5.56 Å². The van der Waals surface area contributed by atoms with Crippen molar-refractivity contribution in [2.45, 2.75) is 32.0 Å². The van der Waals surface area contributed by atoms with Crippen LogP contribution in [0, 0.1) is 0 Å². The molecule has 0 bridgehead atoms. The van der Waals surface area contributed by atoms with E-state index in [-0.39, 0.29) is 24.0 Å². The number of hydrogen-bond donors (Lipinski definition) is 3. The van der Waals surface area contributed by atoms with Gasteiger partial charge in [-0.2, -0.15) is 5.10 Å². The second kappa shape index (κ2) is 11.4. The first kappa shape index (κ1) is 24.2. The minimum absolute atomic E-state index is 0. The van der Waals surface area contributed by atoms with Gasteiger partial charge in [0, 0.05) is 52.4 Å². The van der Waals surface area contributed by atoms with Crippen molar-refractivity contribution in [3.05, 3.63) is 48.4 Å². The van der Waals surface area contributed by atoms with Crippen molar-refractivity contribution >= 4 is 46.8 Å². The number of benzene rings is 1. The summed E-state index contributed by atoms with van der Waals surface area (Å²) < 4.78 is 1.75. The van der Waals surface area contributed by atoms with Crippen molar-refractivity contribution < 1.29 is 0 Å². The zero-order chi connectivity index (χ0) is 21.6. The van der Waals surface area contributed by atoms with E-state index in [1.54, 1.807) is 17.2 Å². The van der Waals surface area contributed by atoms with Crippen LogP contribution in [0.15, 0.2) is 47.8 Å². The molecule has 32 heavy (non-hydrogen) atoms. The van der Waals surface area contributed by atoms with Gasteiger partial charge >= 0.3 is 0 Å². The van der Waals surface area contributed by atoms with Crippen LogP contribution in [0.1, 0.15) is 18.9 Å². The molecule has 1 aliphatic rings. The van der Waals surface area contributed by atoms with E-state index in [0.717, 1.165) is 48.9 Å². The molecular weight excluding hydrogens is 517 g/mol. The van der Waals surface area contributed by atoms with E-state index in [4.69, 9.17) is 0 Å². The van der Waals surface area contributed by atoms with E-state index in [9.17, 15) is 0 Å². The molecule has 1 fully saturated rings. The number of rotatable bonds is 7. The number of likely N-dealkylation sites (tertiary alicyclic amines) is 1. The number of fused-ring (bicyclic) bond motifs is 1. The van der Waals surface area contributed by atoms with Crippen molar-refractivity contribution in [1.82, 2.24) is 35.3 Å². The van der Waals surface area contributed by atoms with E-state index < -0.39 is 0 Å². The van der Waals surface area contributed by atoms with Crippen LogP contribution < -0.4 is 16.0 Å². The Morgan fingerprint density at radius 2 is 2.00 bits per heavy atom. The standard InChI is InChI=1S/C22H31N9.HI/c1-16-11-18(14-31(16)13-17-7-5-4-6-8-17)29-22(23-2)25-10-9-24-20-19-12-28-30(3)21(19)27-15-26-20;/h4-8,12,15-16,18H,9-11,13-14H2,1-3H3,(H2,23,25,29)(H,24,26,27);1H. The minimum Gasteiger partial charge on any atom is -0.368 e. The number of aromatic nitrogens is 4. The lowest BCUT2D eigenvalue weighted by atomic mass is 10.2. The minimum atomic E-state index is 0. The number of guanidine groups is 1. The van der Waals surface area contributed by atoms with Crippen molar-refractivity contribution in [3.63, 3.8) is 0 Å². The predicted molar refractivity (Wildman–Crippen MR) is 139 cm³/mol. The fourth-order valence-electron chi connectivity index (χ4n) is 4.09. The average Bonchev–Trinajstić information content (AvgIpc) is 3.33. The fourth-order valence-corrected chi connectivity index (χ4v) is 4.09. The number of hydrogen-bond acceptors (Lipinski definition) is 6. The van der Waals surface area contributed by atoms with Gasteiger partial charge in [0.2, 0.25) is 0 Å². The Bertz CT molecular complexity index is 1020. The van der Waals surface area contributed by atoms with Crippen molar-refractivity contribution in [2.75, 3.05) is 32.0 Å². The topological polar surface area (TPSA) is 95.3 Å². The lowest BCUT2D eigenvalue weighted by Crippen LogP contribution is -2.45. The number of nitrogens with zero attached hydrogens (tertiary/aromatic N) is 6. The lowest BCUT2D eigenvalue weighted by molar-refractivity contribution is 0.258. The van der Waals surface area contributed by atoms with Gasteiger partial charge in [-0.3, -0.25) is 14.6 Å². The molecule has 0 amide bonds. The Morgan fingerprint density at radius 1 is 1.19 bits per heavy atom. The monoisotopic (exact) mass is 549 g/mol. The molecule has 0 radical (unpaired) electrons. The van der Waals surface area contributed by atoms with E-state index in [2.05, 4.69) is 78.2 Å². The molecule has 3 heterocycles. The zero-order valence-corrected chi connectivity index (χ0v) is 21.2. The summed E-state index contributed by atoms with van der Waals surface area (Å²) in [7, 11) is 3.69. The van der Waals surface area contributed by atoms with Crippen molar-refractivity contribution in [2.24, 2.45) is 12.0 Å². The van der Waals surface area contributed by atoms with Crippen LogP contribution in [0.3, 0.4) is 0 Å². The first-order valence-electron chi connectivity index (χ1n) is 10.8. The normalized spacial score (nSPS) is 19.0. The molecule has 0 spiro atoms. The Kier molecular flexibility index (Phi) is 8.62. The highest BCUT2D eigenvalue weighted by atomic mass is 127. The first-order chi connectivity index (χ1) is 15.1. The molecule has 10 heteroatoms. The Labute approximate surface area is 206 Å². The predicted octanol–water partition coefficient (Wildman–Crippen LogP) is 2.22. The van der Waals surface area contributed by atoms with Gasteiger partial charge in [-0.15, -0.1) is 24.0 Å². The maximum absolute atomic E-state index is 4.39. The molecule has 172 valence electrons. The Morgan fingerprint density at radius 3 is 2.78 bits per heavy atom. The van der Waals surface area contributed by atoms with E-state index in [1.807, 2.05) is 14.1 Å². The summed E-state index contributed by atoms with van der Waals surface area (Å²) in [6.07, 6.45) is 4.45. The molecule has 2 atom stereocenters. The summed E-state index contributed by atoms with van der Waals surface area (Å²) in [5, 5.41) is 15.5. The highest BCUT2D eigenvalue weighted by molar-refractivity contribution is 14.0. The second-order valence-electron chi connectivity index (χ2n) is 7.99. The van der Waals surface area contributed by atoms with Crippen LogP contribution in [-0.4, -0.2) is 69.4 Å². The van der Waals surface area contributed by atoms with Crippen LogP contribution in [0.4, 0.5) is 5.82 Å². The van der Waals surface area contributed by atoms with Crippen LogP contribution in [0.2, 0.25) is 0 Å². The second-order valence-corrected chi connectivity index (χ2v) is 7.99. The van der Waals surface area contributed by atoms with Crippen molar-refractivity contribution in [3.8, 4) is 0 Å². The quantitative estimate of drug-likeness (QED) is 0.180. The first-order valence-corrected chi connectivity index (χ1v) is 10.8. The number of aliphatic imine (C=N–C) groups is 1. The summed E-state index contributed by atoms with van der Waals surface area (Å²) in [6, 6.07) is 11.6. The number of anilines is 1. The summed E-state index contributed by atoms with van der Waals surface area (Å²) >= 11 is 0. The molecular formula is C22H32IN9. The van der Waals surface area contributed by atoms with Crippen molar-refractivity contribution in [1.29, 1.82) is 0 Å². The third-order valence-electron chi connectivity index (χ3n) is 5.74. The molecule has 1 saturated heterocycles. The molecule has 0 saturated carbocycles. The number of aryl methyl sites for hydroxylation is 1. The summed E-state index contributed by atoms with van der Waals surface area (Å²) in [6.45, 7) is 5.72. The maximum atomic E-state index is 4.39. The van der Waals surface area contributed by atoms with Gasteiger partial charge in [0.05, 0.1) is 11.6 Å². The molecule has 3 aromatic rings. The third kappa shape index (κ3) is 5.85. The fraction of sp³-hybridized carbons (Fsp3) is 0.455. The molecule has 9 nitrogen and oxygen atoms in total. The zero-order valence-electron chi connectivity index (χ0n) is 18.8. The van der Waals surface area contributed by atoms with Crippen LogP contribution in [0.25, 0.3) is 11.0 Å². The molecule has 3 N–H and O–H groups in total. The van der Waals surface area contributed by atoms with Gasteiger partial charge in [-0.1, -0.05) is 30.3 Å². The summed E-state index contributed by atoms with van der Waals surface area (Å²) in [5.74, 6) is 1.62. The molecule has 1 aliphatic heterocycles. The van der Waals surface area contributed by atoms with Crippen LogP contribution in [0.5, 0.6) is 0 Å². The molecule has 2 unspecified atom stereocenters. The summed E-state index contributed by atoms with van der Waals surface area (Å²) in [4.78, 5) is 15.5. The van der Waals surface area contributed by atoms with E-state index >= 15 is 0 Å². The Hall–Kier alpha value is -2.47. The molecule has 4 rings (SSSR count). The smallest absolute Gasteiger partial charge is 0.191 e. The van der Waals surface area contributed by atoms with Crippen LogP contribution in [-0.2, 0) is 13.6 Å².